The number of nitrogens with one attached hydrogen (secondary N) is 1. The van der Waals surface area contributed by atoms with Crippen LogP contribution in [-0.4, -0.2) is 46.7 Å². The molecule has 0 bridgehead atoms. The Bertz CT molecular complexity index is 583. The van der Waals surface area contributed by atoms with Crippen molar-refractivity contribution >= 4 is 10.0 Å². The number of hydrogen-bond acceptors (Lipinski definition) is 5. The number of sulfonamides is 1. The SMILES string of the molecule is COc1ccc(S(=O)(=O)NOCCN2CCCCC2)c(C)c1. The van der Waals surface area contributed by atoms with Gasteiger partial charge in [0.1, 0.15) is 5.75 Å². The number of rotatable bonds is 7. The smallest absolute Gasteiger partial charge is 0.262 e. The zero-order valence-electron chi connectivity index (χ0n) is 13.2. The third-order valence-corrected chi connectivity index (χ3v) is 5.17. The van der Waals surface area contributed by atoms with E-state index in [4.69, 9.17) is 9.57 Å². The fourth-order valence-corrected chi connectivity index (χ4v) is 3.63. The summed E-state index contributed by atoms with van der Waals surface area (Å²) in [5.74, 6) is 0.627. The molecule has 0 aromatic heterocycles. The van der Waals surface area contributed by atoms with Crippen molar-refractivity contribution in [1.29, 1.82) is 0 Å². The van der Waals surface area contributed by atoms with Gasteiger partial charge in [0.2, 0.25) is 0 Å². The zero-order valence-corrected chi connectivity index (χ0v) is 14.0. The monoisotopic (exact) mass is 328 g/mol. The van der Waals surface area contributed by atoms with Crippen LogP contribution in [0.15, 0.2) is 23.1 Å². The summed E-state index contributed by atoms with van der Waals surface area (Å²) < 4.78 is 29.5. The van der Waals surface area contributed by atoms with Crippen LogP contribution >= 0.6 is 0 Å². The van der Waals surface area contributed by atoms with Crippen LogP contribution in [0.3, 0.4) is 0 Å². The molecule has 22 heavy (non-hydrogen) atoms. The molecule has 1 aromatic carbocycles. The van der Waals surface area contributed by atoms with Crippen molar-refractivity contribution in [2.75, 3.05) is 33.4 Å². The lowest BCUT2D eigenvalue weighted by Gasteiger charge is -2.25. The molecule has 1 N–H and O–H groups in total. The first-order valence-corrected chi connectivity index (χ1v) is 9.02. The second-order valence-corrected chi connectivity index (χ2v) is 7.08. The number of ether oxygens (including phenoxy) is 1. The molecule has 0 unspecified atom stereocenters. The van der Waals surface area contributed by atoms with E-state index in [-0.39, 0.29) is 4.90 Å². The molecule has 1 aliphatic heterocycles. The third kappa shape index (κ3) is 4.67. The molecule has 1 aliphatic rings. The molecular weight excluding hydrogens is 304 g/mol. The second-order valence-electron chi connectivity index (χ2n) is 5.47. The normalized spacial score (nSPS) is 16.6. The topological polar surface area (TPSA) is 67.9 Å². The van der Waals surface area contributed by atoms with Gasteiger partial charge in [-0.3, -0.25) is 4.84 Å². The van der Waals surface area contributed by atoms with E-state index in [1.54, 1.807) is 26.2 Å². The van der Waals surface area contributed by atoms with E-state index in [0.29, 0.717) is 17.9 Å². The van der Waals surface area contributed by atoms with Crippen molar-refractivity contribution in [2.24, 2.45) is 0 Å². The molecule has 7 heteroatoms. The van der Waals surface area contributed by atoms with E-state index in [9.17, 15) is 8.42 Å². The summed E-state index contributed by atoms with van der Waals surface area (Å²) in [6.45, 7) is 4.94. The van der Waals surface area contributed by atoms with E-state index < -0.39 is 10.0 Å². The summed E-state index contributed by atoms with van der Waals surface area (Å²) in [6, 6.07) is 4.82. The summed E-state index contributed by atoms with van der Waals surface area (Å²) in [5, 5.41) is 0. The lowest BCUT2D eigenvalue weighted by Crippen LogP contribution is -2.35. The van der Waals surface area contributed by atoms with Gasteiger partial charge in [-0.05, 0) is 56.6 Å². The van der Waals surface area contributed by atoms with Gasteiger partial charge in [0.15, 0.2) is 0 Å². The molecule has 0 spiro atoms. The van der Waals surface area contributed by atoms with E-state index in [0.717, 1.165) is 19.6 Å². The average molecular weight is 328 g/mol. The van der Waals surface area contributed by atoms with Crippen molar-refractivity contribution in [3.63, 3.8) is 0 Å². The van der Waals surface area contributed by atoms with Crippen molar-refractivity contribution in [3.8, 4) is 5.75 Å². The lowest BCUT2D eigenvalue weighted by molar-refractivity contribution is 0.0656. The van der Waals surface area contributed by atoms with Crippen molar-refractivity contribution < 1.29 is 18.0 Å². The Morgan fingerprint density at radius 3 is 2.59 bits per heavy atom. The van der Waals surface area contributed by atoms with Gasteiger partial charge in [0.25, 0.3) is 10.0 Å². The van der Waals surface area contributed by atoms with Gasteiger partial charge in [-0.15, -0.1) is 0 Å². The highest BCUT2D eigenvalue weighted by molar-refractivity contribution is 7.89. The predicted octanol–water partition coefficient (Wildman–Crippen LogP) is 1.70. The number of hydrogen-bond donors (Lipinski definition) is 1. The Kier molecular flexibility index (Phi) is 6.19. The summed E-state index contributed by atoms with van der Waals surface area (Å²) in [4.78, 5) is 9.84. The first-order valence-electron chi connectivity index (χ1n) is 7.53. The minimum atomic E-state index is -3.67. The zero-order chi connectivity index (χ0) is 16.0. The van der Waals surface area contributed by atoms with Gasteiger partial charge in [0, 0.05) is 6.54 Å². The van der Waals surface area contributed by atoms with E-state index in [1.165, 1.54) is 25.3 Å². The van der Waals surface area contributed by atoms with Crippen molar-refractivity contribution in [3.05, 3.63) is 23.8 Å². The summed E-state index contributed by atoms with van der Waals surface area (Å²) in [6.07, 6.45) is 3.69. The highest BCUT2D eigenvalue weighted by Gasteiger charge is 2.18. The molecule has 1 heterocycles. The predicted molar refractivity (Wildman–Crippen MR) is 84.3 cm³/mol. The fraction of sp³-hybridized carbons (Fsp3) is 0.600. The van der Waals surface area contributed by atoms with Crippen LogP contribution in [0.25, 0.3) is 0 Å². The number of aryl methyl sites for hydroxylation is 1. The molecule has 0 saturated carbocycles. The molecule has 1 aromatic rings. The van der Waals surface area contributed by atoms with E-state index in [1.807, 2.05) is 0 Å². The lowest BCUT2D eigenvalue weighted by atomic mass is 10.1. The number of methoxy groups -OCH3 is 1. The van der Waals surface area contributed by atoms with Gasteiger partial charge < -0.3 is 9.64 Å². The second kappa shape index (κ2) is 7.92. The number of benzene rings is 1. The molecule has 0 atom stereocenters. The van der Waals surface area contributed by atoms with Crippen LogP contribution in [0.2, 0.25) is 0 Å². The molecular formula is C15H24N2O4S. The highest BCUT2D eigenvalue weighted by Crippen LogP contribution is 2.20. The molecule has 1 fully saturated rings. The van der Waals surface area contributed by atoms with Crippen LogP contribution in [0.5, 0.6) is 5.75 Å². The van der Waals surface area contributed by atoms with Gasteiger partial charge in [-0.25, -0.2) is 8.42 Å². The van der Waals surface area contributed by atoms with Crippen LogP contribution in [0, 0.1) is 6.92 Å². The first kappa shape index (κ1) is 17.2. The van der Waals surface area contributed by atoms with Crippen LogP contribution in [0.1, 0.15) is 24.8 Å². The molecule has 2 rings (SSSR count). The molecule has 0 amide bonds. The van der Waals surface area contributed by atoms with Crippen molar-refractivity contribution in [2.45, 2.75) is 31.1 Å². The number of nitrogens with zero attached hydrogens (tertiary/aromatic N) is 1. The van der Waals surface area contributed by atoms with Crippen LogP contribution in [0.4, 0.5) is 0 Å². The Balaban J connectivity index is 1.85. The maximum atomic E-state index is 12.2. The van der Waals surface area contributed by atoms with E-state index in [2.05, 4.69) is 9.79 Å². The largest absolute Gasteiger partial charge is 0.497 e. The van der Waals surface area contributed by atoms with Gasteiger partial charge >= 0.3 is 0 Å². The molecule has 1 saturated heterocycles. The fourth-order valence-electron chi connectivity index (χ4n) is 2.57. The minimum absolute atomic E-state index is 0.200. The maximum absolute atomic E-state index is 12.2. The standard InChI is InChI=1S/C15H24N2O4S/c1-13-12-14(20-2)6-7-15(13)22(18,19)16-21-11-10-17-8-4-3-5-9-17/h6-7,12,16H,3-5,8-11H2,1-2H3. The minimum Gasteiger partial charge on any atom is -0.497 e. The number of likely N-dealkylation sites (tertiary alicyclic amines) is 1. The van der Waals surface area contributed by atoms with Gasteiger partial charge in [-0.2, -0.15) is 0 Å². The van der Waals surface area contributed by atoms with Crippen LogP contribution < -0.4 is 9.62 Å². The number of piperidine rings is 1. The Labute approximate surface area is 132 Å². The molecule has 0 aliphatic carbocycles. The maximum Gasteiger partial charge on any atom is 0.262 e. The highest BCUT2D eigenvalue weighted by atomic mass is 32.2. The molecule has 6 nitrogen and oxygen atoms in total. The first-order chi connectivity index (χ1) is 10.5. The Morgan fingerprint density at radius 2 is 1.95 bits per heavy atom. The Morgan fingerprint density at radius 1 is 1.23 bits per heavy atom. The summed E-state index contributed by atoms with van der Waals surface area (Å²) in [5.41, 5.74) is 0.617. The Hall–Kier alpha value is -1.15. The summed E-state index contributed by atoms with van der Waals surface area (Å²) >= 11 is 0. The quantitative estimate of drug-likeness (QED) is 0.609. The molecule has 0 radical (unpaired) electrons. The summed E-state index contributed by atoms with van der Waals surface area (Å²) in [7, 11) is -2.12. The van der Waals surface area contributed by atoms with Gasteiger partial charge in [0.05, 0.1) is 18.6 Å². The van der Waals surface area contributed by atoms with Crippen molar-refractivity contribution in [1.82, 2.24) is 9.79 Å². The van der Waals surface area contributed by atoms with Gasteiger partial charge in [-0.1, -0.05) is 11.3 Å². The third-order valence-electron chi connectivity index (χ3n) is 3.80. The van der Waals surface area contributed by atoms with Crippen LogP contribution in [-0.2, 0) is 14.9 Å². The average Bonchev–Trinajstić information content (AvgIpc) is 2.52. The van der Waals surface area contributed by atoms with E-state index >= 15 is 0 Å². The molecule has 124 valence electrons.